The number of amides is 2. The number of rotatable bonds is 6. The van der Waals surface area contributed by atoms with Crippen LogP contribution in [0, 0.1) is 12.8 Å². The minimum Gasteiger partial charge on any atom is -0.355 e. The Hall–Kier alpha value is -2.82. The average Bonchev–Trinajstić information content (AvgIpc) is 3.28. The smallest absolute Gasteiger partial charge is 0.238 e. The first kappa shape index (κ1) is 21.4. The van der Waals surface area contributed by atoms with Gasteiger partial charge in [-0.2, -0.15) is 0 Å². The van der Waals surface area contributed by atoms with E-state index in [0.717, 1.165) is 26.5 Å². The number of aryl methyl sites for hydroxylation is 1. The molecule has 0 bridgehead atoms. The molecule has 2 amide bonds. The highest BCUT2D eigenvalue weighted by Gasteiger charge is 2.35. The number of nitrogens with two attached hydrogens (primary N) is 1. The Morgan fingerprint density at radius 3 is 2.71 bits per heavy atom. The van der Waals surface area contributed by atoms with Gasteiger partial charge in [0.1, 0.15) is 0 Å². The molecule has 1 atom stereocenters. The lowest BCUT2D eigenvalue weighted by molar-refractivity contribution is -0.126. The largest absolute Gasteiger partial charge is 0.355 e. The van der Waals surface area contributed by atoms with Crippen molar-refractivity contribution in [2.45, 2.75) is 24.7 Å². The van der Waals surface area contributed by atoms with Gasteiger partial charge in [-0.25, -0.2) is 18.5 Å². The summed E-state index contributed by atoms with van der Waals surface area (Å²) in [6, 6.07) is 12.0. The summed E-state index contributed by atoms with van der Waals surface area (Å²) < 4.78 is 23.7. The van der Waals surface area contributed by atoms with Gasteiger partial charge in [0.25, 0.3) is 0 Å². The highest BCUT2D eigenvalue weighted by molar-refractivity contribution is 7.89. The third-order valence-corrected chi connectivity index (χ3v) is 7.13. The van der Waals surface area contributed by atoms with Gasteiger partial charge >= 0.3 is 0 Å². The predicted octanol–water partition coefficient (Wildman–Crippen LogP) is 1.96. The lowest BCUT2D eigenvalue weighted by Crippen LogP contribution is -2.34. The van der Waals surface area contributed by atoms with E-state index in [0.29, 0.717) is 19.5 Å². The van der Waals surface area contributed by atoms with Crippen LogP contribution in [-0.2, 0) is 26.0 Å². The Labute approximate surface area is 184 Å². The number of fused-ring (bicyclic) bond motifs is 1. The fourth-order valence-electron chi connectivity index (χ4n) is 3.65. The second-order valence-corrected chi connectivity index (χ2v) is 10.3. The summed E-state index contributed by atoms with van der Waals surface area (Å²) in [4.78, 5) is 31.2. The minimum atomic E-state index is -3.72. The Morgan fingerprint density at radius 1 is 1.26 bits per heavy atom. The molecular formula is C21H22N4O4S2. The van der Waals surface area contributed by atoms with E-state index in [-0.39, 0.29) is 23.1 Å². The van der Waals surface area contributed by atoms with Gasteiger partial charge in [0.05, 0.1) is 26.0 Å². The molecule has 10 heteroatoms. The summed E-state index contributed by atoms with van der Waals surface area (Å²) in [5, 5.41) is 8.93. The summed E-state index contributed by atoms with van der Waals surface area (Å²) >= 11 is 1.60. The van der Waals surface area contributed by atoms with Gasteiger partial charge in [-0.05, 0) is 49.2 Å². The highest BCUT2D eigenvalue weighted by atomic mass is 32.2. The molecule has 1 aliphatic heterocycles. The van der Waals surface area contributed by atoms with E-state index >= 15 is 0 Å². The van der Waals surface area contributed by atoms with Crippen molar-refractivity contribution in [3.63, 3.8) is 0 Å². The standard InChI is InChI=1S/C21H22N4O4S2/c1-13-24-18-11-16(4-7-19(18)30-13)25-12-15(10-20(25)26)21(27)23-9-8-14-2-5-17(6-3-14)31(22,28)29/h2-7,11,15H,8-10,12H2,1H3,(H,23,27)(H2,22,28,29). The molecule has 0 radical (unpaired) electrons. The summed E-state index contributed by atoms with van der Waals surface area (Å²) in [6.07, 6.45) is 0.712. The quantitative estimate of drug-likeness (QED) is 0.585. The third-order valence-electron chi connectivity index (χ3n) is 5.25. The molecule has 8 nitrogen and oxygen atoms in total. The summed E-state index contributed by atoms with van der Waals surface area (Å²) in [5.41, 5.74) is 2.49. The van der Waals surface area contributed by atoms with Crippen LogP contribution < -0.4 is 15.4 Å². The zero-order valence-electron chi connectivity index (χ0n) is 16.9. The lowest BCUT2D eigenvalue weighted by Gasteiger charge is -2.16. The van der Waals surface area contributed by atoms with Gasteiger partial charge in [-0.3, -0.25) is 9.59 Å². The van der Waals surface area contributed by atoms with E-state index in [1.807, 2.05) is 25.1 Å². The SMILES string of the molecule is Cc1nc2cc(N3CC(C(=O)NCCc4ccc(S(N)(=O)=O)cc4)CC3=O)ccc2s1. The topological polar surface area (TPSA) is 122 Å². The fraction of sp³-hybridized carbons (Fsp3) is 0.286. The van der Waals surface area contributed by atoms with Crippen LogP contribution in [0.15, 0.2) is 47.4 Å². The van der Waals surface area contributed by atoms with Crippen molar-refractivity contribution in [2.24, 2.45) is 11.1 Å². The van der Waals surface area contributed by atoms with Gasteiger partial charge in [-0.15, -0.1) is 11.3 Å². The van der Waals surface area contributed by atoms with Crippen molar-refractivity contribution in [3.8, 4) is 0 Å². The van der Waals surface area contributed by atoms with Crippen LogP contribution in [0.1, 0.15) is 17.0 Å². The molecule has 0 aliphatic carbocycles. The summed E-state index contributed by atoms with van der Waals surface area (Å²) in [5.74, 6) is -0.655. The minimum absolute atomic E-state index is 0.0517. The molecule has 162 valence electrons. The molecule has 1 aromatic heterocycles. The van der Waals surface area contributed by atoms with Gasteiger partial charge < -0.3 is 10.2 Å². The normalized spacial score (nSPS) is 16.8. The number of nitrogens with zero attached hydrogens (tertiary/aromatic N) is 2. The second-order valence-electron chi connectivity index (χ2n) is 7.52. The molecule has 1 fully saturated rings. The number of hydrogen-bond donors (Lipinski definition) is 2. The lowest BCUT2D eigenvalue weighted by atomic mass is 10.1. The molecule has 1 unspecified atom stereocenters. The van der Waals surface area contributed by atoms with Gasteiger partial charge in [-0.1, -0.05) is 12.1 Å². The number of hydrogen-bond acceptors (Lipinski definition) is 6. The molecule has 1 aliphatic rings. The zero-order chi connectivity index (χ0) is 22.2. The predicted molar refractivity (Wildman–Crippen MR) is 119 cm³/mol. The molecular weight excluding hydrogens is 436 g/mol. The monoisotopic (exact) mass is 458 g/mol. The molecule has 3 N–H and O–H groups in total. The Balaban J connectivity index is 1.33. The molecule has 0 spiro atoms. The highest BCUT2D eigenvalue weighted by Crippen LogP contribution is 2.30. The van der Waals surface area contributed by atoms with Crippen LogP contribution in [0.2, 0.25) is 0 Å². The van der Waals surface area contributed by atoms with Crippen molar-refractivity contribution in [3.05, 3.63) is 53.0 Å². The molecule has 0 saturated carbocycles. The van der Waals surface area contributed by atoms with Crippen LogP contribution in [-0.4, -0.2) is 38.3 Å². The van der Waals surface area contributed by atoms with E-state index in [4.69, 9.17) is 5.14 Å². The average molecular weight is 459 g/mol. The number of anilines is 1. The summed E-state index contributed by atoms with van der Waals surface area (Å²) in [7, 11) is -3.72. The molecule has 1 saturated heterocycles. The van der Waals surface area contributed by atoms with Gasteiger partial charge in [0.2, 0.25) is 21.8 Å². The maximum Gasteiger partial charge on any atom is 0.238 e. The first-order chi connectivity index (χ1) is 14.7. The zero-order valence-corrected chi connectivity index (χ0v) is 18.5. The van der Waals surface area contributed by atoms with Crippen LogP contribution in [0.25, 0.3) is 10.2 Å². The number of benzene rings is 2. The van der Waals surface area contributed by atoms with E-state index in [9.17, 15) is 18.0 Å². The first-order valence-electron chi connectivity index (χ1n) is 9.78. The maximum absolute atomic E-state index is 12.6. The van der Waals surface area contributed by atoms with E-state index in [2.05, 4.69) is 10.3 Å². The van der Waals surface area contributed by atoms with E-state index in [1.165, 1.54) is 12.1 Å². The van der Waals surface area contributed by atoms with E-state index in [1.54, 1.807) is 28.4 Å². The van der Waals surface area contributed by atoms with Gasteiger partial charge in [0.15, 0.2) is 0 Å². The third kappa shape index (κ3) is 4.76. The number of sulfonamides is 1. The second kappa shape index (κ2) is 8.37. The van der Waals surface area contributed by atoms with Gasteiger partial charge in [0, 0.05) is 25.2 Å². The van der Waals surface area contributed by atoms with Crippen molar-refractivity contribution < 1.29 is 18.0 Å². The molecule has 2 aromatic carbocycles. The van der Waals surface area contributed by atoms with Crippen molar-refractivity contribution in [1.82, 2.24) is 10.3 Å². The number of aromatic nitrogens is 1. The summed E-state index contributed by atoms with van der Waals surface area (Å²) in [6.45, 7) is 2.67. The van der Waals surface area contributed by atoms with Crippen molar-refractivity contribution >= 4 is 49.1 Å². The number of thiazole rings is 1. The van der Waals surface area contributed by atoms with Crippen LogP contribution in [0.4, 0.5) is 5.69 Å². The molecule has 3 aromatic rings. The van der Waals surface area contributed by atoms with Crippen LogP contribution in [0.3, 0.4) is 0 Å². The molecule has 31 heavy (non-hydrogen) atoms. The number of carbonyl (C=O) groups is 2. The van der Waals surface area contributed by atoms with Crippen molar-refractivity contribution in [2.75, 3.05) is 18.0 Å². The van der Waals surface area contributed by atoms with Crippen molar-refractivity contribution in [1.29, 1.82) is 0 Å². The first-order valence-corrected chi connectivity index (χ1v) is 12.1. The Kier molecular flexibility index (Phi) is 5.78. The number of carbonyl (C=O) groups excluding carboxylic acids is 2. The number of nitrogens with one attached hydrogen (secondary N) is 1. The molecule has 4 rings (SSSR count). The maximum atomic E-state index is 12.6. The number of primary sulfonamides is 1. The Bertz CT molecular complexity index is 1250. The van der Waals surface area contributed by atoms with E-state index < -0.39 is 15.9 Å². The van der Waals surface area contributed by atoms with Crippen LogP contribution in [0.5, 0.6) is 0 Å². The Morgan fingerprint density at radius 2 is 2.00 bits per heavy atom. The fourth-order valence-corrected chi connectivity index (χ4v) is 4.97. The van der Waals surface area contributed by atoms with Crippen LogP contribution >= 0.6 is 11.3 Å². The molecule has 2 heterocycles.